The number of nitrogens with zero attached hydrogens (tertiary/aromatic N) is 3. The molecule has 0 bridgehead atoms. The molecule has 0 saturated carbocycles. The van der Waals surface area contributed by atoms with Crippen molar-refractivity contribution in [3.63, 3.8) is 0 Å². The molecule has 20 heavy (non-hydrogen) atoms. The number of aryl methyl sites for hydroxylation is 1. The maximum absolute atomic E-state index is 10.9. The van der Waals surface area contributed by atoms with Gasteiger partial charge in [0.1, 0.15) is 11.8 Å². The zero-order chi connectivity index (χ0) is 14.5. The summed E-state index contributed by atoms with van der Waals surface area (Å²) in [6.45, 7) is 0.968. The molecule has 0 amide bonds. The molecule has 0 atom stereocenters. The van der Waals surface area contributed by atoms with Crippen LogP contribution in [0.4, 0.5) is 5.69 Å². The van der Waals surface area contributed by atoms with Gasteiger partial charge in [-0.25, -0.2) is 0 Å². The van der Waals surface area contributed by atoms with Crippen LogP contribution in [0.2, 0.25) is 0 Å². The number of aromatic nitrogens is 1. The predicted molar refractivity (Wildman–Crippen MR) is 73.8 cm³/mol. The van der Waals surface area contributed by atoms with E-state index in [1.807, 2.05) is 13.2 Å². The number of nitriles is 1. The third-order valence-electron chi connectivity index (χ3n) is 3.01. The maximum Gasteiger partial charge on any atom is 0.273 e. The number of nitrogens with one attached hydrogen (secondary N) is 1. The number of nitro groups is 1. The van der Waals surface area contributed by atoms with E-state index in [2.05, 4.69) is 11.4 Å². The lowest BCUT2D eigenvalue weighted by molar-refractivity contribution is -0.385. The smallest absolute Gasteiger partial charge is 0.273 e. The van der Waals surface area contributed by atoms with Gasteiger partial charge in [0.2, 0.25) is 0 Å². The fourth-order valence-corrected chi connectivity index (χ4v) is 2.02. The number of para-hydroxylation sites is 1. The first kappa shape index (κ1) is 13.8. The van der Waals surface area contributed by atoms with E-state index in [1.165, 1.54) is 6.07 Å². The number of hydrogen-bond acceptors (Lipinski definition) is 4. The Balaban J connectivity index is 2.00. The second-order valence-electron chi connectivity index (χ2n) is 4.45. The van der Waals surface area contributed by atoms with E-state index in [4.69, 9.17) is 5.26 Å². The number of rotatable bonds is 5. The Morgan fingerprint density at radius 2 is 2.15 bits per heavy atom. The monoisotopic (exact) mass is 270 g/mol. The SMILES string of the molecule is Cn1cc(CNCc2ccccc2[N+](=O)[O-])cc1C#N. The second-order valence-corrected chi connectivity index (χ2v) is 4.45. The summed E-state index contributed by atoms with van der Waals surface area (Å²) in [5.41, 5.74) is 2.33. The van der Waals surface area contributed by atoms with E-state index < -0.39 is 0 Å². The highest BCUT2D eigenvalue weighted by molar-refractivity contribution is 5.39. The lowest BCUT2D eigenvalue weighted by Crippen LogP contribution is -2.13. The van der Waals surface area contributed by atoms with Gasteiger partial charge in [-0.05, 0) is 11.6 Å². The highest BCUT2D eigenvalue weighted by atomic mass is 16.6. The van der Waals surface area contributed by atoms with Crippen LogP contribution in [0.25, 0.3) is 0 Å². The molecule has 1 N–H and O–H groups in total. The first-order chi connectivity index (χ1) is 9.61. The zero-order valence-electron chi connectivity index (χ0n) is 11.0. The molecule has 1 heterocycles. The van der Waals surface area contributed by atoms with Crippen LogP contribution in [0, 0.1) is 21.4 Å². The molecule has 0 spiro atoms. The number of hydrogen-bond donors (Lipinski definition) is 1. The van der Waals surface area contributed by atoms with Crippen LogP contribution in [-0.4, -0.2) is 9.49 Å². The molecule has 2 aromatic rings. The lowest BCUT2D eigenvalue weighted by Gasteiger charge is -2.04. The van der Waals surface area contributed by atoms with Crippen LogP contribution in [0.1, 0.15) is 16.8 Å². The fraction of sp³-hybridized carbons (Fsp3) is 0.214. The molecule has 1 aromatic carbocycles. The molecule has 0 fully saturated rings. The molecule has 0 radical (unpaired) electrons. The summed E-state index contributed by atoms with van der Waals surface area (Å²) >= 11 is 0. The molecule has 0 aliphatic rings. The zero-order valence-corrected chi connectivity index (χ0v) is 11.0. The van der Waals surface area contributed by atoms with E-state index in [9.17, 15) is 10.1 Å². The largest absolute Gasteiger partial charge is 0.342 e. The van der Waals surface area contributed by atoms with Gasteiger partial charge >= 0.3 is 0 Å². The van der Waals surface area contributed by atoms with Crippen molar-refractivity contribution < 1.29 is 4.92 Å². The Morgan fingerprint density at radius 3 is 2.80 bits per heavy atom. The van der Waals surface area contributed by atoms with Gasteiger partial charge in [-0.15, -0.1) is 0 Å². The van der Waals surface area contributed by atoms with E-state index >= 15 is 0 Å². The molecule has 6 heteroatoms. The molecule has 0 saturated heterocycles. The predicted octanol–water partition coefficient (Wildman–Crippen LogP) is 2.09. The highest BCUT2D eigenvalue weighted by Crippen LogP contribution is 2.17. The lowest BCUT2D eigenvalue weighted by atomic mass is 10.2. The van der Waals surface area contributed by atoms with Gasteiger partial charge < -0.3 is 9.88 Å². The van der Waals surface area contributed by atoms with Gasteiger partial charge in [-0.3, -0.25) is 10.1 Å². The summed E-state index contributed by atoms with van der Waals surface area (Å²) in [5, 5.41) is 22.9. The van der Waals surface area contributed by atoms with E-state index in [0.717, 1.165) is 5.56 Å². The highest BCUT2D eigenvalue weighted by Gasteiger charge is 2.11. The minimum absolute atomic E-state index is 0.116. The van der Waals surface area contributed by atoms with Gasteiger partial charge in [0.15, 0.2) is 0 Å². The number of nitro benzene ring substituents is 1. The molecule has 0 unspecified atom stereocenters. The average Bonchev–Trinajstić information content (AvgIpc) is 2.79. The van der Waals surface area contributed by atoms with E-state index in [1.54, 1.807) is 28.8 Å². The van der Waals surface area contributed by atoms with Crippen molar-refractivity contribution in [2.75, 3.05) is 0 Å². The van der Waals surface area contributed by atoms with Crippen LogP contribution in [0.3, 0.4) is 0 Å². The van der Waals surface area contributed by atoms with Crippen molar-refractivity contribution in [2.45, 2.75) is 13.1 Å². The minimum atomic E-state index is -0.382. The minimum Gasteiger partial charge on any atom is -0.342 e. The Hall–Kier alpha value is -2.65. The van der Waals surface area contributed by atoms with Crippen LogP contribution in [0.5, 0.6) is 0 Å². The summed E-state index contributed by atoms with van der Waals surface area (Å²) in [6, 6.07) is 10.5. The van der Waals surface area contributed by atoms with Crippen LogP contribution in [-0.2, 0) is 20.1 Å². The Bertz CT molecular complexity index is 670. The van der Waals surface area contributed by atoms with Gasteiger partial charge in [-0.1, -0.05) is 18.2 Å². The van der Waals surface area contributed by atoms with E-state index in [-0.39, 0.29) is 10.6 Å². The van der Waals surface area contributed by atoms with E-state index in [0.29, 0.717) is 24.3 Å². The van der Waals surface area contributed by atoms with Crippen LogP contribution < -0.4 is 5.32 Å². The van der Waals surface area contributed by atoms with Crippen LogP contribution in [0.15, 0.2) is 36.5 Å². The Morgan fingerprint density at radius 1 is 1.40 bits per heavy atom. The topological polar surface area (TPSA) is 83.9 Å². The second kappa shape index (κ2) is 5.99. The van der Waals surface area contributed by atoms with Crippen molar-refractivity contribution in [2.24, 2.45) is 7.05 Å². The normalized spacial score (nSPS) is 10.2. The summed E-state index contributed by atoms with van der Waals surface area (Å²) < 4.78 is 1.75. The summed E-state index contributed by atoms with van der Waals surface area (Å²) in [5.74, 6) is 0. The third kappa shape index (κ3) is 3.02. The molecular formula is C14H14N4O2. The molecule has 0 aliphatic heterocycles. The number of benzene rings is 1. The Kier molecular flexibility index (Phi) is 4.13. The average molecular weight is 270 g/mol. The summed E-state index contributed by atoms with van der Waals surface area (Å²) in [7, 11) is 1.81. The van der Waals surface area contributed by atoms with Crippen molar-refractivity contribution in [3.05, 3.63) is 63.5 Å². The Labute approximate surface area is 116 Å². The van der Waals surface area contributed by atoms with Gasteiger partial charge in [0.25, 0.3) is 5.69 Å². The van der Waals surface area contributed by atoms with Crippen LogP contribution >= 0.6 is 0 Å². The van der Waals surface area contributed by atoms with Crippen molar-refractivity contribution in [3.8, 4) is 6.07 Å². The summed E-state index contributed by atoms with van der Waals surface area (Å²) in [6.07, 6.45) is 1.87. The quantitative estimate of drug-likeness (QED) is 0.666. The molecule has 6 nitrogen and oxygen atoms in total. The van der Waals surface area contributed by atoms with Crippen molar-refractivity contribution in [1.29, 1.82) is 5.26 Å². The van der Waals surface area contributed by atoms with Gasteiger partial charge in [0, 0.05) is 38.0 Å². The van der Waals surface area contributed by atoms with Gasteiger partial charge in [-0.2, -0.15) is 5.26 Å². The molecule has 102 valence electrons. The van der Waals surface area contributed by atoms with Crippen molar-refractivity contribution in [1.82, 2.24) is 9.88 Å². The standard InChI is InChI=1S/C14H14N4O2/c1-17-10-11(6-13(17)7-15)8-16-9-12-4-2-3-5-14(12)18(19)20/h2-6,10,16H,8-9H2,1H3. The van der Waals surface area contributed by atoms with Crippen molar-refractivity contribution >= 4 is 5.69 Å². The molecule has 0 aliphatic carbocycles. The first-order valence-corrected chi connectivity index (χ1v) is 6.10. The molecule has 2 rings (SSSR count). The summed E-state index contributed by atoms with van der Waals surface area (Å²) in [4.78, 5) is 10.5. The maximum atomic E-state index is 10.9. The van der Waals surface area contributed by atoms with Gasteiger partial charge in [0.05, 0.1) is 4.92 Å². The molecular weight excluding hydrogens is 256 g/mol. The third-order valence-corrected chi connectivity index (χ3v) is 3.01. The first-order valence-electron chi connectivity index (χ1n) is 6.10. The fourth-order valence-electron chi connectivity index (χ4n) is 2.02. The molecule has 1 aromatic heterocycles.